The molecular formula is C15H17FN4O2. The van der Waals surface area contributed by atoms with Crippen molar-refractivity contribution in [1.29, 1.82) is 0 Å². The van der Waals surface area contributed by atoms with Crippen LogP contribution in [0.1, 0.15) is 43.1 Å². The molecule has 22 heavy (non-hydrogen) atoms. The van der Waals surface area contributed by atoms with E-state index in [4.69, 9.17) is 0 Å². The summed E-state index contributed by atoms with van der Waals surface area (Å²) in [7, 11) is 0. The standard InChI is InChI=1S/C15H17FN4O2/c1-8(2)20-13(11(7-17-20)15(21)22)10-5-6-12(19-14(10)16)18-9-3-4-9/h5-9H,3-4H2,1-2H3,(H,18,19)(H,21,22). The molecule has 2 aromatic rings. The van der Waals surface area contributed by atoms with Gasteiger partial charge in [-0.3, -0.25) is 4.68 Å². The van der Waals surface area contributed by atoms with Crippen molar-refractivity contribution in [2.24, 2.45) is 0 Å². The van der Waals surface area contributed by atoms with E-state index in [1.807, 2.05) is 13.8 Å². The first-order chi connectivity index (χ1) is 10.5. The summed E-state index contributed by atoms with van der Waals surface area (Å²) in [5.74, 6) is -1.37. The minimum absolute atomic E-state index is 0.0303. The minimum Gasteiger partial charge on any atom is -0.478 e. The first-order valence-corrected chi connectivity index (χ1v) is 7.21. The summed E-state index contributed by atoms with van der Waals surface area (Å²) in [5, 5.41) is 16.5. The molecule has 0 unspecified atom stereocenters. The average Bonchev–Trinajstić information content (AvgIpc) is 3.14. The van der Waals surface area contributed by atoms with Gasteiger partial charge in [-0.25, -0.2) is 9.78 Å². The highest BCUT2D eigenvalue weighted by molar-refractivity contribution is 5.94. The maximum absolute atomic E-state index is 14.4. The highest BCUT2D eigenvalue weighted by Crippen LogP contribution is 2.30. The van der Waals surface area contributed by atoms with Crippen molar-refractivity contribution in [3.63, 3.8) is 0 Å². The summed E-state index contributed by atoms with van der Waals surface area (Å²) in [6, 6.07) is 3.50. The summed E-state index contributed by atoms with van der Waals surface area (Å²) in [5.41, 5.74) is 0.354. The third-order valence-electron chi connectivity index (χ3n) is 3.55. The SMILES string of the molecule is CC(C)n1ncc(C(=O)O)c1-c1ccc(NC2CC2)nc1F. The molecule has 0 amide bonds. The predicted octanol–water partition coefficient (Wildman–Crippen LogP) is 2.94. The lowest BCUT2D eigenvalue weighted by atomic mass is 10.1. The second kappa shape index (κ2) is 5.40. The molecule has 7 heteroatoms. The highest BCUT2D eigenvalue weighted by Gasteiger charge is 2.25. The van der Waals surface area contributed by atoms with Gasteiger partial charge in [0.25, 0.3) is 0 Å². The highest BCUT2D eigenvalue weighted by atomic mass is 19.1. The molecule has 1 aliphatic carbocycles. The van der Waals surface area contributed by atoms with Crippen LogP contribution in [0.25, 0.3) is 11.3 Å². The maximum Gasteiger partial charge on any atom is 0.339 e. The van der Waals surface area contributed by atoms with Crippen LogP contribution in [0.3, 0.4) is 0 Å². The van der Waals surface area contributed by atoms with E-state index in [9.17, 15) is 14.3 Å². The fourth-order valence-corrected chi connectivity index (χ4v) is 2.31. The maximum atomic E-state index is 14.4. The van der Waals surface area contributed by atoms with Crippen LogP contribution in [0, 0.1) is 5.95 Å². The van der Waals surface area contributed by atoms with E-state index in [2.05, 4.69) is 15.4 Å². The molecule has 1 saturated carbocycles. The van der Waals surface area contributed by atoms with E-state index < -0.39 is 11.9 Å². The van der Waals surface area contributed by atoms with Gasteiger partial charge in [0.05, 0.1) is 17.5 Å². The number of anilines is 1. The van der Waals surface area contributed by atoms with Gasteiger partial charge in [0.2, 0.25) is 5.95 Å². The molecule has 0 radical (unpaired) electrons. The van der Waals surface area contributed by atoms with Gasteiger partial charge in [0.15, 0.2) is 0 Å². The first kappa shape index (κ1) is 14.5. The molecule has 0 aliphatic heterocycles. The van der Waals surface area contributed by atoms with E-state index in [0.717, 1.165) is 12.8 Å². The molecular weight excluding hydrogens is 287 g/mol. The Labute approximate surface area is 127 Å². The van der Waals surface area contributed by atoms with Crippen LogP contribution in [0.15, 0.2) is 18.3 Å². The van der Waals surface area contributed by atoms with Gasteiger partial charge in [0, 0.05) is 12.1 Å². The van der Waals surface area contributed by atoms with E-state index in [-0.39, 0.29) is 22.9 Å². The molecule has 0 saturated heterocycles. The van der Waals surface area contributed by atoms with Crippen LogP contribution in [-0.2, 0) is 0 Å². The van der Waals surface area contributed by atoms with Crippen molar-refractivity contribution in [1.82, 2.24) is 14.8 Å². The normalized spacial score (nSPS) is 14.4. The fourth-order valence-electron chi connectivity index (χ4n) is 2.31. The summed E-state index contributed by atoms with van der Waals surface area (Å²) < 4.78 is 15.9. The Kier molecular flexibility index (Phi) is 3.56. The first-order valence-electron chi connectivity index (χ1n) is 7.21. The number of aromatic nitrogens is 3. The number of halogens is 1. The second-order valence-corrected chi connectivity index (χ2v) is 5.70. The number of carboxylic acids is 1. The van der Waals surface area contributed by atoms with Crippen molar-refractivity contribution in [3.8, 4) is 11.3 Å². The Morgan fingerprint density at radius 1 is 1.45 bits per heavy atom. The lowest BCUT2D eigenvalue weighted by molar-refractivity contribution is 0.0697. The summed E-state index contributed by atoms with van der Waals surface area (Å²) in [4.78, 5) is 15.3. The molecule has 2 N–H and O–H groups in total. The van der Waals surface area contributed by atoms with Crippen LogP contribution in [0.5, 0.6) is 0 Å². The zero-order chi connectivity index (χ0) is 15.9. The molecule has 2 aromatic heterocycles. The van der Waals surface area contributed by atoms with Crippen molar-refractivity contribution >= 4 is 11.8 Å². The molecule has 116 valence electrons. The van der Waals surface area contributed by atoms with Crippen LogP contribution in [0.2, 0.25) is 0 Å². The van der Waals surface area contributed by atoms with E-state index >= 15 is 0 Å². The number of pyridine rings is 1. The molecule has 2 heterocycles. The number of hydrogen-bond donors (Lipinski definition) is 2. The third-order valence-corrected chi connectivity index (χ3v) is 3.55. The molecule has 1 fully saturated rings. The molecule has 1 aliphatic rings. The number of carbonyl (C=O) groups is 1. The van der Waals surface area contributed by atoms with E-state index in [1.54, 1.807) is 12.1 Å². The number of nitrogens with zero attached hydrogens (tertiary/aromatic N) is 3. The summed E-state index contributed by atoms with van der Waals surface area (Å²) in [6.45, 7) is 3.72. The van der Waals surface area contributed by atoms with Gasteiger partial charge < -0.3 is 10.4 Å². The van der Waals surface area contributed by atoms with Crippen molar-refractivity contribution in [2.75, 3.05) is 5.32 Å². The monoisotopic (exact) mass is 304 g/mol. The smallest absolute Gasteiger partial charge is 0.339 e. The minimum atomic E-state index is -1.14. The van der Waals surface area contributed by atoms with Gasteiger partial charge in [-0.2, -0.15) is 9.49 Å². The van der Waals surface area contributed by atoms with Gasteiger partial charge in [-0.15, -0.1) is 0 Å². The Hall–Kier alpha value is -2.44. The fraction of sp³-hybridized carbons (Fsp3) is 0.400. The van der Waals surface area contributed by atoms with Gasteiger partial charge in [-0.1, -0.05) is 0 Å². The zero-order valence-corrected chi connectivity index (χ0v) is 12.4. The molecule has 0 aromatic carbocycles. The van der Waals surface area contributed by atoms with E-state index in [0.29, 0.717) is 11.9 Å². The topological polar surface area (TPSA) is 80.0 Å². The van der Waals surface area contributed by atoms with Crippen molar-refractivity contribution in [2.45, 2.75) is 38.8 Å². The third kappa shape index (κ3) is 2.66. The summed E-state index contributed by atoms with van der Waals surface area (Å²) in [6.07, 6.45) is 3.37. The van der Waals surface area contributed by atoms with Crippen LogP contribution in [-0.4, -0.2) is 31.9 Å². The van der Waals surface area contributed by atoms with Crippen LogP contribution in [0.4, 0.5) is 10.2 Å². The molecule has 6 nitrogen and oxygen atoms in total. The van der Waals surface area contributed by atoms with Crippen molar-refractivity contribution < 1.29 is 14.3 Å². The van der Waals surface area contributed by atoms with Crippen LogP contribution >= 0.6 is 0 Å². The molecule has 3 rings (SSSR count). The van der Waals surface area contributed by atoms with Gasteiger partial charge >= 0.3 is 5.97 Å². The largest absolute Gasteiger partial charge is 0.478 e. The van der Waals surface area contributed by atoms with Gasteiger partial charge in [0.1, 0.15) is 11.4 Å². The Morgan fingerprint density at radius 3 is 2.73 bits per heavy atom. The number of carboxylic acid groups (broad SMARTS) is 1. The number of rotatable bonds is 5. The molecule has 0 spiro atoms. The Balaban J connectivity index is 2.05. The molecule has 0 atom stereocenters. The number of nitrogens with one attached hydrogen (secondary N) is 1. The number of aromatic carboxylic acids is 1. The quantitative estimate of drug-likeness (QED) is 0.830. The average molecular weight is 304 g/mol. The summed E-state index contributed by atoms with van der Waals surface area (Å²) >= 11 is 0. The Morgan fingerprint density at radius 2 is 2.18 bits per heavy atom. The number of hydrogen-bond acceptors (Lipinski definition) is 4. The van der Waals surface area contributed by atoms with Crippen LogP contribution < -0.4 is 5.32 Å². The zero-order valence-electron chi connectivity index (χ0n) is 12.4. The predicted molar refractivity (Wildman–Crippen MR) is 79.4 cm³/mol. The lowest BCUT2D eigenvalue weighted by Gasteiger charge is -2.13. The van der Waals surface area contributed by atoms with Crippen molar-refractivity contribution in [3.05, 3.63) is 29.8 Å². The molecule has 0 bridgehead atoms. The van der Waals surface area contributed by atoms with Gasteiger partial charge in [-0.05, 0) is 38.8 Å². The Bertz CT molecular complexity index is 722. The van der Waals surface area contributed by atoms with E-state index in [1.165, 1.54) is 10.9 Å². The second-order valence-electron chi connectivity index (χ2n) is 5.70. The lowest BCUT2D eigenvalue weighted by Crippen LogP contribution is -2.09.